The first-order chi connectivity index (χ1) is 12.8. The average Bonchev–Trinajstić information content (AvgIpc) is 3.09. The lowest BCUT2D eigenvalue weighted by Gasteiger charge is -2.26. The Hall–Kier alpha value is -2.67. The third-order valence-electron chi connectivity index (χ3n) is 4.60. The largest absolute Gasteiger partial charge is 0.508 e. The minimum Gasteiger partial charge on any atom is -0.508 e. The van der Waals surface area contributed by atoms with Crippen LogP contribution < -0.4 is 0 Å². The Morgan fingerprint density at radius 2 is 2.04 bits per heavy atom. The van der Waals surface area contributed by atoms with Gasteiger partial charge in [-0.1, -0.05) is 25.5 Å². The van der Waals surface area contributed by atoms with Gasteiger partial charge in [0.05, 0.1) is 27.2 Å². The van der Waals surface area contributed by atoms with Crippen LogP contribution in [0.1, 0.15) is 51.7 Å². The molecule has 3 rings (SSSR count). The monoisotopic (exact) mass is 386 g/mol. The zero-order valence-electron chi connectivity index (χ0n) is 15.5. The van der Waals surface area contributed by atoms with Gasteiger partial charge in [-0.3, -0.25) is 9.59 Å². The van der Waals surface area contributed by atoms with E-state index in [1.165, 1.54) is 28.4 Å². The van der Waals surface area contributed by atoms with Crippen molar-refractivity contribution in [3.05, 3.63) is 56.7 Å². The predicted octanol–water partition coefficient (Wildman–Crippen LogP) is 3.84. The highest BCUT2D eigenvalue weighted by Gasteiger charge is 2.44. The minimum absolute atomic E-state index is 0.0402. The molecule has 142 valence electrons. The van der Waals surface area contributed by atoms with Crippen LogP contribution in [0.2, 0.25) is 0 Å². The van der Waals surface area contributed by atoms with Crippen molar-refractivity contribution in [2.24, 2.45) is 0 Å². The number of amides is 1. The number of aromatic hydroxyl groups is 1. The molecule has 0 spiro atoms. The van der Waals surface area contributed by atoms with Gasteiger partial charge in [-0.15, -0.1) is 11.3 Å². The predicted molar refractivity (Wildman–Crippen MR) is 103 cm³/mol. The number of aromatic nitrogens is 1. The molecule has 0 bridgehead atoms. The number of aliphatic hydroxyl groups is 1. The standard InChI is InChI=1S/C20H22N2O4S/c1-4-5-9-22-16(13-7-6-8-14(23)10-13)15(18(25)20(22)26)17(24)19-11(2)21-12(3)27-19/h6-8,10,16,23,25H,4-5,9H2,1-3H3. The number of hydrogen-bond donors (Lipinski definition) is 2. The summed E-state index contributed by atoms with van der Waals surface area (Å²) in [6, 6.07) is 5.72. The number of ketones is 1. The third kappa shape index (κ3) is 3.47. The lowest BCUT2D eigenvalue weighted by atomic mass is 9.95. The number of Topliss-reactive ketones (excluding diaryl/α,β-unsaturated/α-hetero) is 1. The number of hydrogen-bond acceptors (Lipinski definition) is 6. The highest BCUT2D eigenvalue weighted by molar-refractivity contribution is 7.14. The highest BCUT2D eigenvalue weighted by atomic mass is 32.1. The molecule has 2 heterocycles. The molecule has 1 atom stereocenters. The van der Waals surface area contributed by atoms with E-state index in [-0.39, 0.29) is 11.3 Å². The second-order valence-corrected chi connectivity index (χ2v) is 7.79. The average molecular weight is 386 g/mol. The zero-order valence-corrected chi connectivity index (χ0v) is 16.3. The topological polar surface area (TPSA) is 90.7 Å². The molecule has 7 heteroatoms. The lowest BCUT2D eigenvalue weighted by molar-refractivity contribution is -0.129. The molecule has 1 amide bonds. The normalized spacial score (nSPS) is 17.1. The number of rotatable bonds is 6. The first-order valence-electron chi connectivity index (χ1n) is 8.86. The Balaban J connectivity index is 2.11. The fraction of sp³-hybridized carbons (Fsp3) is 0.350. The Kier molecular flexibility index (Phi) is 5.32. The summed E-state index contributed by atoms with van der Waals surface area (Å²) in [6.45, 7) is 5.97. The molecule has 1 aliphatic rings. The molecule has 27 heavy (non-hydrogen) atoms. The van der Waals surface area contributed by atoms with Crippen LogP contribution in [0.3, 0.4) is 0 Å². The fourth-order valence-corrected chi connectivity index (χ4v) is 4.22. The number of carbonyl (C=O) groups is 2. The summed E-state index contributed by atoms with van der Waals surface area (Å²) in [5, 5.41) is 21.2. The number of thiazole rings is 1. The number of phenolic OH excluding ortho intramolecular Hbond substituents is 1. The van der Waals surface area contributed by atoms with Gasteiger partial charge in [-0.05, 0) is 38.0 Å². The first kappa shape index (κ1) is 19.1. The molecule has 0 saturated carbocycles. The molecule has 1 aliphatic heterocycles. The van der Waals surface area contributed by atoms with E-state index in [9.17, 15) is 19.8 Å². The van der Waals surface area contributed by atoms with E-state index in [2.05, 4.69) is 4.98 Å². The molecule has 1 aromatic carbocycles. The van der Waals surface area contributed by atoms with E-state index >= 15 is 0 Å². The van der Waals surface area contributed by atoms with Gasteiger partial charge >= 0.3 is 0 Å². The van der Waals surface area contributed by atoms with Crippen LogP contribution in [0.4, 0.5) is 0 Å². The molecule has 0 fully saturated rings. The molecular formula is C20H22N2O4S. The number of phenols is 1. The number of benzene rings is 1. The van der Waals surface area contributed by atoms with Crippen LogP contribution in [-0.4, -0.2) is 38.3 Å². The van der Waals surface area contributed by atoms with Gasteiger partial charge in [0.15, 0.2) is 5.76 Å². The summed E-state index contributed by atoms with van der Waals surface area (Å²) >= 11 is 1.25. The van der Waals surface area contributed by atoms with E-state index in [0.29, 0.717) is 22.7 Å². The van der Waals surface area contributed by atoms with Crippen LogP contribution in [-0.2, 0) is 4.79 Å². The molecule has 1 aromatic heterocycles. The molecular weight excluding hydrogens is 364 g/mol. The van der Waals surface area contributed by atoms with Gasteiger partial charge < -0.3 is 15.1 Å². The van der Waals surface area contributed by atoms with Crippen LogP contribution in [0.25, 0.3) is 0 Å². The van der Waals surface area contributed by atoms with Crippen molar-refractivity contribution in [3.8, 4) is 5.75 Å². The quantitative estimate of drug-likeness (QED) is 0.736. The number of carbonyl (C=O) groups excluding carboxylic acids is 2. The number of unbranched alkanes of at least 4 members (excludes halogenated alkanes) is 1. The molecule has 0 radical (unpaired) electrons. The number of aliphatic hydroxyl groups excluding tert-OH is 1. The molecule has 2 N–H and O–H groups in total. The SMILES string of the molecule is CCCCN1C(=O)C(O)=C(C(=O)c2sc(C)nc2C)C1c1cccc(O)c1. The van der Waals surface area contributed by atoms with Gasteiger partial charge in [0.25, 0.3) is 5.91 Å². The summed E-state index contributed by atoms with van der Waals surface area (Å²) in [6.07, 6.45) is 1.61. The number of nitrogens with zero attached hydrogens (tertiary/aromatic N) is 2. The Labute approximate surface area is 161 Å². The van der Waals surface area contributed by atoms with Crippen molar-refractivity contribution in [1.29, 1.82) is 0 Å². The van der Waals surface area contributed by atoms with Crippen molar-refractivity contribution in [3.63, 3.8) is 0 Å². The minimum atomic E-state index is -0.731. The summed E-state index contributed by atoms with van der Waals surface area (Å²) in [4.78, 5) is 32.2. The fourth-order valence-electron chi connectivity index (χ4n) is 3.35. The van der Waals surface area contributed by atoms with Crippen molar-refractivity contribution in [2.75, 3.05) is 6.54 Å². The molecule has 2 aromatic rings. The van der Waals surface area contributed by atoms with E-state index in [4.69, 9.17) is 0 Å². The van der Waals surface area contributed by atoms with Crippen molar-refractivity contribution in [2.45, 2.75) is 39.7 Å². The molecule has 0 aliphatic carbocycles. The van der Waals surface area contributed by atoms with Crippen LogP contribution in [0.15, 0.2) is 35.6 Å². The molecule has 6 nitrogen and oxygen atoms in total. The second kappa shape index (κ2) is 7.52. The van der Waals surface area contributed by atoms with Crippen molar-refractivity contribution < 1.29 is 19.8 Å². The van der Waals surface area contributed by atoms with E-state index < -0.39 is 23.5 Å². The maximum Gasteiger partial charge on any atom is 0.290 e. The summed E-state index contributed by atoms with van der Waals surface area (Å²) in [7, 11) is 0. The van der Waals surface area contributed by atoms with Gasteiger partial charge in [-0.2, -0.15) is 0 Å². The van der Waals surface area contributed by atoms with Crippen LogP contribution in [0, 0.1) is 13.8 Å². The zero-order chi connectivity index (χ0) is 19.7. The lowest BCUT2D eigenvalue weighted by Crippen LogP contribution is -2.32. The van der Waals surface area contributed by atoms with E-state index in [0.717, 1.165) is 17.8 Å². The maximum absolute atomic E-state index is 13.2. The molecule has 0 saturated heterocycles. The number of aryl methyl sites for hydroxylation is 2. The van der Waals surface area contributed by atoms with Crippen LogP contribution in [0.5, 0.6) is 5.75 Å². The van der Waals surface area contributed by atoms with Crippen LogP contribution >= 0.6 is 11.3 Å². The smallest absolute Gasteiger partial charge is 0.290 e. The summed E-state index contributed by atoms with van der Waals surface area (Å²) in [5.74, 6) is -1.43. The summed E-state index contributed by atoms with van der Waals surface area (Å²) < 4.78 is 0. The van der Waals surface area contributed by atoms with Gasteiger partial charge in [0.2, 0.25) is 5.78 Å². The van der Waals surface area contributed by atoms with E-state index in [1.807, 2.05) is 13.8 Å². The van der Waals surface area contributed by atoms with Gasteiger partial charge in [0, 0.05) is 6.54 Å². The molecule has 1 unspecified atom stereocenters. The van der Waals surface area contributed by atoms with Crippen molar-refractivity contribution in [1.82, 2.24) is 9.88 Å². The third-order valence-corrected chi connectivity index (χ3v) is 5.67. The summed E-state index contributed by atoms with van der Waals surface area (Å²) in [5.41, 5.74) is 1.22. The first-order valence-corrected chi connectivity index (χ1v) is 9.68. The highest BCUT2D eigenvalue weighted by Crippen LogP contribution is 2.40. The Bertz CT molecular complexity index is 932. The van der Waals surface area contributed by atoms with E-state index in [1.54, 1.807) is 19.1 Å². The van der Waals surface area contributed by atoms with Gasteiger partial charge in [-0.25, -0.2) is 4.98 Å². The Morgan fingerprint density at radius 1 is 1.30 bits per heavy atom. The Morgan fingerprint density at radius 3 is 2.63 bits per heavy atom. The van der Waals surface area contributed by atoms with Crippen molar-refractivity contribution >= 4 is 23.0 Å². The maximum atomic E-state index is 13.2. The van der Waals surface area contributed by atoms with Gasteiger partial charge in [0.1, 0.15) is 5.75 Å². The second-order valence-electron chi connectivity index (χ2n) is 6.59.